The molecular weight excluding hydrogens is 470 g/mol. The molecule has 1 amide bonds. The Morgan fingerprint density at radius 1 is 1.21 bits per heavy atom. The van der Waals surface area contributed by atoms with Gasteiger partial charge in [0.1, 0.15) is 16.6 Å². The van der Waals surface area contributed by atoms with Gasteiger partial charge in [-0.3, -0.25) is 4.79 Å². The molecule has 0 radical (unpaired) electrons. The zero-order chi connectivity index (χ0) is 24.4. The summed E-state index contributed by atoms with van der Waals surface area (Å²) in [6.07, 6.45) is 5.57. The van der Waals surface area contributed by atoms with Gasteiger partial charge in [-0.25, -0.2) is 4.79 Å². The van der Waals surface area contributed by atoms with Crippen molar-refractivity contribution in [2.75, 3.05) is 12.4 Å². The third-order valence-electron chi connectivity index (χ3n) is 5.98. The molecule has 4 rings (SSSR count). The van der Waals surface area contributed by atoms with Crippen molar-refractivity contribution in [1.82, 2.24) is 4.57 Å². The van der Waals surface area contributed by atoms with Crippen molar-refractivity contribution in [1.29, 1.82) is 5.26 Å². The number of aryl methyl sites for hydroxylation is 2. The van der Waals surface area contributed by atoms with Crippen molar-refractivity contribution < 1.29 is 14.3 Å². The van der Waals surface area contributed by atoms with Crippen molar-refractivity contribution in [3.05, 3.63) is 73.9 Å². The Hall–Kier alpha value is -3.34. The molecular formula is C26H24ClN3O3S. The van der Waals surface area contributed by atoms with E-state index < -0.39 is 5.91 Å². The number of hydrogen-bond donors (Lipinski definition) is 1. The Balaban J connectivity index is 1.73. The quantitative estimate of drug-likeness (QED) is 0.267. The molecule has 0 atom stereocenters. The molecule has 0 saturated heterocycles. The van der Waals surface area contributed by atoms with Gasteiger partial charge in [0.25, 0.3) is 5.91 Å². The molecule has 0 unspecified atom stereocenters. The number of amides is 1. The van der Waals surface area contributed by atoms with Gasteiger partial charge in [-0.15, -0.1) is 11.3 Å². The van der Waals surface area contributed by atoms with Crippen molar-refractivity contribution >= 4 is 46.6 Å². The summed E-state index contributed by atoms with van der Waals surface area (Å²) in [5, 5.41) is 13.8. The lowest BCUT2D eigenvalue weighted by Gasteiger charge is -2.12. The van der Waals surface area contributed by atoms with Crippen LogP contribution in [0.15, 0.2) is 35.9 Å². The maximum Gasteiger partial charge on any atom is 0.341 e. The Morgan fingerprint density at radius 3 is 2.59 bits per heavy atom. The summed E-state index contributed by atoms with van der Waals surface area (Å²) in [5.74, 6) is -0.837. The molecule has 0 saturated carbocycles. The monoisotopic (exact) mass is 493 g/mol. The van der Waals surface area contributed by atoms with Crippen LogP contribution in [0.1, 0.15) is 50.6 Å². The molecule has 174 valence electrons. The smallest absolute Gasteiger partial charge is 0.341 e. The van der Waals surface area contributed by atoms with E-state index in [1.165, 1.54) is 12.0 Å². The van der Waals surface area contributed by atoms with Gasteiger partial charge in [-0.1, -0.05) is 11.6 Å². The Labute approximate surface area is 207 Å². The van der Waals surface area contributed by atoms with Crippen LogP contribution in [0.2, 0.25) is 5.02 Å². The summed E-state index contributed by atoms with van der Waals surface area (Å²) in [5.41, 5.74) is 4.73. The molecule has 34 heavy (non-hydrogen) atoms. The van der Waals surface area contributed by atoms with Crippen LogP contribution in [-0.4, -0.2) is 23.6 Å². The Bertz CT molecular complexity index is 1340. The summed E-state index contributed by atoms with van der Waals surface area (Å²) in [6, 6.07) is 10.6. The number of carbonyl (C=O) groups excluding carboxylic acids is 2. The highest BCUT2D eigenvalue weighted by molar-refractivity contribution is 7.15. The summed E-state index contributed by atoms with van der Waals surface area (Å²) < 4.78 is 7.15. The lowest BCUT2D eigenvalue weighted by molar-refractivity contribution is -0.112. The van der Waals surface area contributed by atoms with Crippen molar-refractivity contribution in [2.45, 2.75) is 39.5 Å². The van der Waals surface area contributed by atoms with Gasteiger partial charge in [0, 0.05) is 27.0 Å². The number of benzene rings is 1. The van der Waals surface area contributed by atoms with Crippen LogP contribution in [0, 0.1) is 25.2 Å². The number of fused-ring (bicyclic) bond motifs is 1. The molecule has 0 spiro atoms. The molecule has 3 aromatic rings. The molecule has 0 bridgehead atoms. The van der Waals surface area contributed by atoms with E-state index in [0.29, 0.717) is 16.3 Å². The van der Waals surface area contributed by atoms with Crippen molar-refractivity contribution in [3.63, 3.8) is 0 Å². The summed E-state index contributed by atoms with van der Waals surface area (Å²) in [4.78, 5) is 26.7. The Kier molecular flexibility index (Phi) is 6.92. The third-order valence-corrected chi connectivity index (χ3v) is 7.51. The topological polar surface area (TPSA) is 84.1 Å². The predicted molar refractivity (Wildman–Crippen MR) is 135 cm³/mol. The number of ether oxygens (including phenoxy) is 1. The molecule has 0 fully saturated rings. The van der Waals surface area contributed by atoms with Gasteiger partial charge >= 0.3 is 5.97 Å². The fourth-order valence-electron chi connectivity index (χ4n) is 4.30. The van der Waals surface area contributed by atoms with Gasteiger partial charge in [0.2, 0.25) is 0 Å². The zero-order valence-corrected chi connectivity index (χ0v) is 20.8. The van der Waals surface area contributed by atoms with Crippen LogP contribution in [0.25, 0.3) is 11.1 Å². The molecule has 1 aromatic carbocycles. The number of nitriles is 1. The van der Waals surface area contributed by atoms with Gasteiger partial charge in [-0.05, 0) is 87.1 Å². The van der Waals surface area contributed by atoms with Crippen LogP contribution in [0.4, 0.5) is 5.69 Å². The maximum atomic E-state index is 12.7. The van der Waals surface area contributed by atoms with Crippen molar-refractivity contribution in [2.24, 2.45) is 0 Å². The minimum Gasteiger partial charge on any atom is -0.465 e. The molecule has 1 N–H and O–H groups in total. The van der Waals surface area contributed by atoms with Crippen LogP contribution in [0.5, 0.6) is 0 Å². The largest absolute Gasteiger partial charge is 0.465 e. The predicted octanol–water partition coefficient (Wildman–Crippen LogP) is 6.02. The second kappa shape index (κ2) is 9.88. The number of halogens is 1. The van der Waals surface area contributed by atoms with Crippen LogP contribution < -0.4 is 5.32 Å². The average Bonchev–Trinajstić information content (AvgIpc) is 3.34. The van der Waals surface area contributed by atoms with Crippen LogP contribution in [0.3, 0.4) is 0 Å². The van der Waals surface area contributed by atoms with E-state index in [0.717, 1.165) is 53.2 Å². The second-order valence-corrected chi connectivity index (χ2v) is 9.70. The number of thiophene rings is 1. The number of aromatic nitrogens is 1. The normalized spacial score (nSPS) is 13.2. The van der Waals surface area contributed by atoms with E-state index in [-0.39, 0.29) is 11.5 Å². The van der Waals surface area contributed by atoms with Gasteiger partial charge in [0.05, 0.1) is 12.7 Å². The number of nitrogens with zero attached hydrogens (tertiary/aromatic N) is 2. The standard InChI is InChI=1S/C26H24ClN3O3S/c1-15-12-17(13-18(14-28)24(31)29-20-10-8-19(27)9-11-20)16(2)30(15)25-23(26(32)33-3)21-6-4-5-7-22(21)34-25/h8-13H,4-7H2,1-3H3,(H,29,31)/b18-13-. The number of methoxy groups -OCH3 is 1. The number of carbonyl (C=O) groups is 2. The summed E-state index contributed by atoms with van der Waals surface area (Å²) >= 11 is 7.52. The lowest BCUT2D eigenvalue weighted by Crippen LogP contribution is -2.13. The van der Waals surface area contributed by atoms with E-state index >= 15 is 0 Å². The lowest BCUT2D eigenvalue weighted by atomic mass is 9.95. The SMILES string of the molecule is COC(=O)c1c(-n2c(C)cc(/C=C(/C#N)C(=O)Nc3ccc(Cl)cc3)c2C)sc2c1CCCC2. The molecule has 0 aliphatic heterocycles. The van der Waals surface area contributed by atoms with Crippen LogP contribution in [-0.2, 0) is 22.4 Å². The maximum absolute atomic E-state index is 12.7. The Morgan fingerprint density at radius 2 is 1.91 bits per heavy atom. The first-order valence-electron chi connectivity index (χ1n) is 10.9. The molecule has 6 nitrogen and oxygen atoms in total. The van der Waals surface area contributed by atoms with Crippen LogP contribution >= 0.6 is 22.9 Å². The number of anilines is 1. The molecule has 2 aromatic heterocycles. The second-order valence-electron chi connectivity index (χ2n) is 8.18. The first-order chi connectivity index (χ1) is 16.3. The summed E-state index contributed by atoms with van der Waals surface area (Å²) in [6.45, 7) is 3.87. The van der Waals surface area contributed by atoms with Gasteiger partial charge in [0.15, 0.2) is 0 Å². The number of hydrogen-bond acceptors (Lipinski definition) is 5. The van der Waals surface area contributed by atoms with Gasteiger partial charge in [-0.2, -0.15) is 5.26 Å². The molecule has 8 heteroatoms. The number of rotatable bonds is 5. The number of nitrogens with one attached hydrogen (secondary N) is 1. The fourth-order valence-corrected chi connectivity index (χ4v) is 5.92. The van der Waals surface area contributed by atoms with E-state index in [2.05, 4.69) is 5.32 Å². The van der Waals surface area contributed by atoms with E-state index in [1.54, 1.807) is 41.7 Å². The van der Waals surface area contributed by atoms with Crippen molar-refractivity contribution in [3.8, 4) is 11.1 Å². The average molecular weight is 494 g/mol. The van der Waals surface area contributed by atoms with Gasteiger partial charge < -0.3 is 14.6 Å². The minimum absolute atomic E-state index is 0.0196. The first-order valence-corrected chi connectivity index (χ1v) is 12.1. The number of esters is 1. The summed E-state index contributed by atoms with van der Waals surface area (Å²) in [7, 11) is 1.40. The fraction of sp³-hybridized carbons (Fsp3) is 0.269. The minimum atomic E-state index is -0.503. The highest BCUT2D eigenvalue weighted by atomic mass is 35.5. The van der Waals surface area contributed by atoms with E-state index in [9.17, 15) is 14.9 Å². The zero-order valence-electron chi connectivity index (χ0n) is 19.2. The highest BCUT2D eigenvalue weighted by Gasteiger charge is 2.28. The molecule has 1 aliphatic carbocycles. The van der Waals surface area contributed by atoms with E-state index in [1.807, 2.05) is 30.6 Å². The highest BCUT2D eigenvalue weighted by Crippen LogP contribution is 2.39. The van der Waals surface area contributed by atoms with E-state index in [4.69, 9.17) is 16.3 Å². The molecule has 1 aliphatic rings. The third kappa shape index (κ3) is 4.52. The first kappa shape index (κ1) is 23.8. The molecule has 2 heterocycles.